The largest absolute Gasteiger partial charge is 0.383 e. The minimum atomic E-state index is 0.625. The van der Waals surface area contributed by atoms with Crippen molar-refractivity contribution in [3.63, 3.8) is 0 Å². The molecule has 3 aromatic rings. The number of hydrogen-bond donors (Lipinski definition) is 1. The summed E-state index contributed by atoms with van der Waals surface area (Å²) >= 11 is 0. The maximum absolute atomic E-state index is 5.99. The van der Waals surface area contributed by atoms with Crippen LogP contribution in [0.2, 0.25) is 0 Å². The van der Waals surface area contributed by atoms with E-state index in [1.807, 2.05) is 6.07 Å². The van der Waals surface area contributed by atoms with E-state index in [4.69, 9.17) is 5.73 Å². The van der Waals surface area contributed by atoms with Gasteiger partial charge in [-0.05, 0) is 18.1 Å². The summed E-state index contributed by atoms with van der Waals surface area (Å²) in [5.41, 5.74) is 8.43. The first-order valence-electron chi connectivity index (χ1n) is 9.16. The molecule has 0 spiro atoms. The highest BCUT2D eigenvalue weighted by Gasteiger charge is 2.19. The molecule has 1 aliphatic heterocycles. The fourth-order valence-electron chi connectivity index (χ4n) is 3.50. The highest BCUT2D eigenvalue weighted by atomic mass is 15.3. The van der Waals surface area contributed by atoms with Crippen molar-refractivity contribution < 1.29 is 0 Å². The summed E-state index contributed by atoms with van der Waals surface area (Å²) in [6.07, 6.45) is 4.57. The van der Waals surface area contributed by atoms with E-state index in [-0.39, 0.29) is 0 Å². The first kappa shape index (κ1) is 16.7. The number of nitrogens with two attached hydrogens (primary N) is 1. The number of aryl methyl sites for hydroxylation is 2. The topological polar surface area (TPSA) is 72.9 Å². The molecule has 0 saturated carbocycles. The van der Waals surface area contributed by atoms with Gasteiger partial charge < -0.3 is 10.3 Å². The van der Waals surface area contributed by atoms with E-state index in [0.29, 0.717) is 5.82 Å². The smallest absolute Gasteiger partial charge is 0.134 e. The Morgan fingerprint density at radius 3 is 2.65 bits per heavy atom. The Bertz CT molecular complexity index is 858. The van der Waals surface area contributed by atoms with Gasteiger partial charge in [0.1, 0.15) is 17.5 Å². The van der Waals surface area contributed by atoms with E-state index in [0.717, 1.165) is 62.7 Å². The lowest BCUT2D eigenvalue weighted by Gasteiger charge is -2.20. The number of nitrogen functional groups attached to an aromatic ring is 1. The number of anilines is 1. The molecule has 1 aromatic carbocycles. The minimum absolute atomic E-state index is 0.625. The van der Waals surface area contributed by atoms with Crippen LogP contribution in [-0.2, 0) is 32.4 Å². The first-order valence-corrected chi connectivity index (χ1v) is 9.16. The first-order chi connectivity index (χ1) is 12.8. The third-order valence-electron chi connectivity index (χ3n) is 5.00. The van der Waals surface area contributed by atoms with Crippen LogP contribution in [0.25, 0.3) is 0 Å². The number of rotatable bonds is 5. The Kier molecular flexibility index (Phi) is 4.93. The van der Waals surface area contributed by atoms with E-state index in [2.05, 4.69) is 61.0 Å². The number of pyridine rings is 1. The monoisotopic (exact) mass is 348 g/mol. The molecule has 26 heavy (non-hydrogen) atoms. The van der Waals surface area contributed by atoms with Crippen LogP contribution in [0.1, 0.15) is 22.8 Å². The van der Waals surface area contributed by atoms with Crippen molar-refractivity contribution in [2.24, 2.45) is 0 Å². The lowest BCUT2D eigenvalue weighted by molar-refractivity contribution is 0.270. The fraction of sp³-hybridized carbons (Fsp3) is 0.350. The van der Waals surface area contributed by atoms with Crippen molar-refractivity contribution in [1.29, 1.82) is 0 Å². The highest BCUT2D eigenvalue weighted by Crippen LogP contribution is 2.16. The maximum atomic E-state index is 5.99. The van der Waals surface area contributed by atoms with Gasteiger partial charge in [0.15, 0.2) is 0 Å². The summed E-state index contributed by atoms with van der Waals surface area (Å²) in [7, 11) is 0. The molecule has 0 fully saturated rings. The Morgan fingerprint density at radius 2 is 1.81 bits per heavy atom. The Morgan fingerprint density at radius 1 is 0.923 bits per heavy atom. The van der Waals surface area contributed by atoms with E-state index in [1.54, 1.807) is 6.20 Å². The van der Waals surface area contributed by atoms with Crippen molar-refractivity contribution in [3.05, 3.63) is 71.4 Å². The van der Waals surface area contributed by atoms with Gasteiger partial charge in [0.05, 0.1) is 0 Å². The quantitative estimate of drug-likeness (QED) is 0.764. The second kappa shape index (κ2) is 7.66. The maximum Gasteiger partial charge on any atom is 0.134 e. The van der Waals surface area contributed by atoms with E-state index in [1.165, 1.54) is 5.56 Å². The number of hydrogen-bond acceptors (Lipinski definition) is 5. The Balaban J connectivity index is 1.40. The molecular formula is C20H24N6. The zero-order valence-corrected chi connectivity index (χ0v) is 14.9. The summed E-state index contributed by atoms with van der Waals surface area (Å²) in [5, 5.41) is 8.88. The van der Waals surface area contributed by atoms with Gasteiger partial charge in [-0.25, -0.2) is 4.98 Å². The lowest BCUT2D eigenvalue weighted by atomic mass is 10.1. The molecule has 134 valence electrons. The molecule has 0 saturated heterocycles. The zero-order chi connectivity index (χ0) is 17.8. The van der Waals surface area contributed by atoms with Crippen LogP contribution < -0.4 is 5.73 Å². The van der Waals surface area contributed by atoms with Crippen molar-refractivity contribution in [1.82, 2.24) is 24.6 Å². The molecule has 0 radical (unpaired) electrons. The highest BCUT2D eigenvalue weighted by molar-refractivity contribution is 5.38. The molecule has 4 rings (SSSR count). The number of fused-ring (bicyclic) bond motifs is 1. The summed E-state index contributed by atoms with van der Waals surface area (Å²) in [4.78, 5) is 6.61. The van der Waals surface area contributed by atoms with Gasteiger partial charge in [-0.15, -0.1) is 10.2 Å². The van der Waals surface area contributed by atoms with Gasteiger partial charge in [-0.3, -0.25) is 4.90 Å². The minimum Gasteiger partial charge on any atom is -0.383 e. The molecule has 2 N–H and O–H groups in total. The van der Waals surface area contributed by atoms with Crippen LogP contribution in [0.4, 0.5) is 5.82 Å². The van der Waals surface area contributed by atoms with E-state index < -0.39 is 0 Å². The molecule has 3 heterocycles. The van der Waals surface area contributed by atoms with Crippen molar-refractivity contribution in [2.45, 2.75) is 32.4 Å². The Labute approximate surface area is 153 Å². The summed E-state index contributed by atoms with van der Waals surface area (Å²) in [5.74, 6) is 2.81. The average molecular weight is 348 g/mol. The van der Waals surface area contributed by atoms with Crippen LogP contribution in [0.15, 0.2) is 48.7 Å². The number of nitrogens with zero attached hydrogens (tertiary/aromatic N) is 5. The zero-order valence-electron chi connectivity index (χ0n) is 14.9. The number of benzene rings is 1. The van der Waals surface area contributed by atoms with E-state index in [9.17, 15) is 0 Å². The summed E-state index contributed by atoms with van der Waals surface area (Å²) in [6.45, 7) is 3.69. The van der Waals surface area contributed by atoms with Gasteiger partial charge in [0.2, 0.25) is 0 Å². The molecule has 6 nitrogen and oxygen atoms in total. The fourth-order valence-corrected chi connectivity index (χ4v) is 3.50. The van der Waals surface area contributed by atoms with Crippen LogP contribution in [0.3, 0.4) is 0 Å². The van der Waals surface area contributed by atoms with Crippen LogP contribution in [0, 0.1) is 0 Å². The molecule has 0 amide bonds. The van der Waals surface area contributed by atoms with Crippen LogP contribution in [0.5, 0.6) is 0 Å². The molecule has 0 unspecified atom stereocenters. The SMILES string of the molecule is Nc1ncccc1CN1CCc2nnc(CCc3ccccc3)n2CC1. The van der Waals surface area contributed by atoms with Gasteiger partial charge in [-0.2, -0.15) is 0 Å². The second-order valence-corrected chi connectivity index (χ2v) is 6.74. The van der Waals surface area contributed by atoms with Gasteiger partial charge >= 0.3 is 0 Å². The molecule has 0 atom stereocenters. The summed E-state index contributed by atoms with van der Waals surface area (Å²) in [6, 6.07) is 14.6. The third-order valence-corrected chi connectivity index (χ3v) is 5.00. The van der Waals surface area contributed by atoms with Gasteiger partial charge in [0, 0.05) is 50.8 Å². The normalized spacial score (nSPS) is 14.8. The molecular weight excluding hydrogens is 324 g/mol. The predicted molar refractivity (Wildman–Crippen MR) is 102 cm³/mol. The van der Waals surface area contributed by atoms with Gasteiger partial charge in [0.25, 0.3) is 0 Å². The predicted octanol–water partition coefficient (Wildman–Crippen LogP) is 2.10. The third kappa shape index (κ3) is 3.75. The number of aromatic nitrogens is 4. The van der Waals surface area contributed by atoms with Crippen LogP contribution >= 0.6 is 0 Å². The van der Waals surface area contributed by atoms with Crippen molar-refractivity contribution in [3.8, 4) is 0 Å². The molecule has 2 aromatic heterocycles. The Hall–Kier alpha value is -2.73. The van der Waals surface area contributed by atoms with Gasteiger partial charge in [-0.1, -0.05) is 36.4 Å². The van der Waals surface area contributed by atoms with Crippen molar-refractivity contribution >= 4 is 5.82 Å². The molecule has 0 bridgehead atoms. The van der Waals surface area contributed by atoms with Crippen molar-refractivity contribution in [2.75, 3.05) is 18.8 Å². The molecule has 0 aliphatic carbocycles. The standard InChI is InChI=1S/C20H24N6/c21-20-17(7-4-11-22-20)15-25-12-10-19-24-23-18(26(19)14-13-25)9-8-16-5-2-1-3-6-16/h1-7,11H,8-10,12-15H2,(H2,21,22). The summed E-state index contributed by atoms with van der Waals surface area (Å²) < 4.78 is 2.30. The second-order valence-electron chi connectivity index (χ2n) is 6.74. The molecule has 6 heteroatoms. The lowest BCUT2D eigenvalue weighted by Crippen LogP contribution is -2.27. The van der Waals surface area contributed by atoms with E-state index >= 15 is 0 Å². The average Bonchev–Trinajstić information content (AvgIpc) is 2.95. The van der Waals surface area contributed by atoms with Crippen LogP contribution in [-0.4, -0.2) is 37.7 Å². The molecule has 1 aliphatic rings.